The Hall–Kier alpha value is -0.570. The van der Waals surface area contributed by atoms with E-state index in [1.165, 1.54) is 0 Å². The monoisotopic (exact) mass is 182 g/mol. The third kappa shape index (κ3) is 1.10. The summed E-state index contributed by atoms with van der Waals surface area (Å²) in [6.45, 7) is 4.48. The van der Waals surface area contributed by atoms with Gasteiger partial charge >= 0.3 is 0 Å². The quantitative estimate of drug-likeness (QED) is 0.596. The van der Waals surface area contributed by atoms with E-state index in [1.807, 2.05) is 11.9 Å². The van der Waals surface area contributed by atoms with E-state index in [-0.39, 0.29) is 11.9 Å². The van der Waals surface area contributed by atoms with Crippen LogP contribution in [0.2, 0.25) is 0 Å². The zero-order valence-corrected chi connectivity index (χ0v) is 8.58. The number of hydrogen-bond donors (Lipinski definition) is 1. The number of nitrogens with two attached hydrogens (primary N) is 1. The predicted octanol–water partition coefficient (Wildman–Crippen LogP) is 0.590. The SMILES string of the molecule is CN1C(=O)[C@@H](N)CCC2C1C2(C)C. The molecule has 1 heterocycles. The number of amides is 1. The molecule has 0 radical (unpaired) electrons. The van der Waals surface area contributed by atoms with Gasteiger partial charge in [0, 0.05) is 13.1 Å². The Morgan fingerprint density at radius 1 is 1.46 bits per heavy atom. The van der Waals surface area contributed by atoms with Crippen LogP contribution in [0.4, 0.5) is 0 Å². The lowest BCUT2D eigenvalue weighted by atomic mass is 10.0. The van der Waals surface area contributed by atoms with E-state index < -0.39 is 0 Å². The average molecular weight is 182 g/mol. The number of nitrogens with zero attached hydrogens (tertiary/aromatic N) is 1. The summed E-state index contributed by atoms with van der Waals surface area (Å²) in [5.41, 5.74) is 6.07. The third-order valence-electron chi connectivity index (χ3n) is 3.86. The topological polar surface area (TPSA) is 46.3 Å². The molecule has 2 rings (SSSR count). The fourth-order valence-electron chi connectivity index (χ4n) is 2.90. The van der Waals surface area contributed by atoms with Gasteiger partial charge in [-0.05, 0) is 24.2 Å². The number of hydrogen-bond acceptors (Lipinski definition) is 2. The molecule has 2 N–H and O–H groups in total. The maximum absolute atomic E-state index is 11.7. The summed E-state index contributed by atoms with van der Waals surface area (Å²) in [4.78, 5) is 13.5. The predicted molar refractivity (Wildman–Crippen MR) is 51.0 cm³/mol. The van der Waals surface area contributed by atoms with E-state index >= 15 is 0 Å². The second-order valence-electron chi connectivity index (χ2n) is 5.01. The van der Waals surface area contributed by atoms with Crippen LogP contribution in [0, 0.1) is 11.3 Å². The highest BCUT2D eigenvalue weighted by Gasteiger charge is 2.61. The van der Waals surface area contributed by atoms with Crippen LogP contribution in [0.1, 0.15) is 26.7 Å². The van der Waals surface area contributed by atoms with Gasteiger partial charge in [-0.25, -0.2) is 0 Å². The standard InChI is InChI=1S/C10H18N2O/c1-10(2)6-4-5-7(11)9(13)12(3)8(6)10/h6-8H,4-5,11H2,1-3H3/t6?,7-,8?/m0/s1. The molecule has 1 amide bonds. The van der Waals surface area contributed by atoms with Crippen LogP contribution in [-0.2, 0) is 4.79 Å². The minimum Gasteiger partial charge on any atom is -0.341 e. The Labute approximate surface area is 79.3 Å². The molecular formula is C10H18N2O. The normalized spacial score (nSPS) is 42.6. The first kappa shape index (κ1) is 9.00. The van der Waals surface area contributed by atoms with Crippen LogP contribution in [0.15, 0.2) is 0 Å². The zero-order chi connectivity index (χ0) is 9.80. The first-order chi connectivity index (χ1) is 5.96. The molecule has 0 aromatic rings. The molecule has 0 spiro atoms. The van der Waals surface area contributed by atoms with Crippen molar-refractivity contribution in [1.82, 2.24) is 4.90 Å². The number of carbonyl (C=O) groups is 1. The fourth-order valence-corrected chi connectivity index (χ4v) is 2.90. The van der Waals surface area contributed by atoms with Crippen LogP contribution in [0.3, 0.4) is 0 Å². The van der Waals surface area contributed by atoms with Crippen molar-refractivity contribution < 1.29 is 4.79 Å². The van der Waals surface area contributed by atoms with Gasteiger partial charge < -0.3 is 10.6 Å². The lowest BCUT2D eigenvalue weighted by Crippen LogP contribution is -2.42. The minimum absolute atomic E-state index is 0.123. The lowest BCUT2D eigenvalue weighted by Gasteiger charge is -2.21. The van der Waals surface area contributed by atoms with Crippen molar-refractivity contribution in [2.24, 2.45) is 17.1 Å². The number of likely N-dealkylation sites (tertiary alicyclic amines) is 1. The summed E-state index contributed by atoms with van der Waals surface area (Å²) in [5.74, 6) is 0.799. The molecule has 74 valence electrons. The van der Waals surface area contributed by atoms with Gasteiger partial charge in [-0.1, -0.05) is 13.8 Å². The van der Waals surface area contributed by atoms with Gasteiger partial charge in [0.1, 0.15) is 0 Å². The van der Waals surface area contributed by atoms with Crippen LogP contribution in [-0.4, -0.2) is 29.9 Å². The van der Waals surface area contributed by atoms with E-state index in [1.54, 1.807) is 0 Å². The summed E-state index contributed by atoms with van der Waals surface area (Å²) < 4.78 is 0. The second kappa shape index (κ2) is 2.47. The Bertz CT molecular complexity index is 249. The second-order valence-corrected chi connectivity index (χ2v) is 5.01. The summed E-state index contributed by atoms with van der Waals surface area (Å²) in [5, 5.41) is 0. The minimum atomic E-state index is -0.256. The molecular weight excluding hydrogens is 164 g/mol. The van der Waals surface area contributed by atoms with Crippen molar-refractivity contribution in [3.8, 4) is 0 Å². The molecule has 0 aromatic heterocycles. The molecule has 1 aliphatic carbocycles. The number of carbonyl (C=O) groups excluding carboxylic acids is 1. The first-order valence-corrected chi connectivity index (χ1v) is 4.98. The fraction of sp³-hybridized carbons (Fsp3) is 0.900. The molecule has 2 unspecified atom stereocenters. The maximum atomic E-state index is 11.7. The molecule has 3 atom stereocenters. The van der Waals surface area contributed by atoms with Crippen molar-refractivity contribution in [3.05, 3.63) is 0 Å². The summed E-state index contributed by atoms with van der Waals surface area (Å²) in [6, 6.07) is 0.183. The highest BCUT2D eigenvalue weighted by atomic mass is 16.2. The molecule has 1 saturated heterocycles. The third-order valence-corrected chi connectivity index (χ3v) is 3.86. The maximum Gasteiger partial charge on any atom is 0.239 e. The summed E-state index contributed by atoms with van der Waals surface area (Å²) >= 11 is 0. The molecule has 0 bridgehead atoms. The Balaban J connectivity index is 2.19. The van der Waals surface area contributed by atoms with Gasteiger partial charge in [0.25, 0.3) is 0 Å². The molecule has 2 aliphatic rings. The van der Waals surface area contributed by atoms with Crippen LogP contribution < -0.4 is 5.73 Å². The van der Waals surface area contributed by atoms with Gasteiger partial charge in [0.2, 0.25) is 5.91 Å². The Morgan fingerprint density at radius 3 is 2.69 bits per heavy atom. The highest BCUT2D eigenvalue weighted by molar-refractivity contribution is 5.82. The van der Waals surface area contributed by atoms with E-state index in [4.69, 9.17) is 5.73 Å². The number of fused-ring (bicyclic) bond motifs is 1. The van der Waals surface area contributed by atoms with Gasteiger partial charge in [-0.2, -0.15) is 0 Å². The summed E-state index contributed by atoms with van der Waals surface area (Å²) in [7, 11) is 1.89. The van der Waals surface area contributed by atoms with Gasteiger partial charge in [-0.15, -0.1) is 0 Å². The molecule has 3 heteroatoms. The van der Waals surface area contributed by atoms with Crippen molar-refractivity contribution in [3.63, 3.8) is 0 Å². The Morgan fingerprint density at radius 2 is 2.08 bits per heavy atom. The van der Waals surface area contributed by atoms with Gasteiger partial charge in [0.15, 0.2) is 0 Å². The van der Waals surface area contributed by atoms with E-state index in [0.717, 1.165) is 12.8 Å². The molecule has 3 nitrogen and oxygen atoms in total. The molecule has 0 aromatic carbocycles. The van der Waals surface area contributed by atoms with Crippen LogP contribution in [0.5, 0.6) is 0 Å². The smallest absolute Gasteiger partial charge is 0.239 e. The largest absolute Gasteiger partial charge is 0.341 e. The average Bonchev–Trinajstić information content (AvgIpc) is 2.63. The van der Waals surface area contributed by atoms with Crippen molar-refractivity contribution in [1.29, 1.82) is 0 Å². The number of likely N-dealkylation sites (N-methyl/N-ethyl adjacent to an activating group) is 1. The molecule has 1 saturated carbocycles. The van der Waals surface area contributed by atoms with Crippen molar-refractivity contribution in [2.45, 2.75) is 38.8 Å². The van der Waals surface area contributed by atoms with Gasteiger partial charge in [0.05, 0.1) is 6.04 Å². The summed E-state index contributed by atoms with van der Waals surface area (Å²) in [6.07, 6.45) is 1.96. The first-order valence-electron chi connectivity index (χ1n) is 4.98. The van der Waals surface area contributed by atoms with E-state index in [2.05, 4.69) is 13.8 Å². The molecule has 2 fully saturated rings. The zero-order valence-electron chi connectivity index (χ0n) is 8.58. The van der Waals surface area contributed by atoms with Gasteiger partial charge in [-0.3, -0.25) is 4.79 Å². The van der Waals surface area contributed by atoms with E-state index in [0.29, 0.717) is 17.4 Å². The molecule has 1 aliphatic heterocycles. The van der Waals surface area contributed by atoms with Crippen molar-refractivity contribution in [2.75, 3.05) is 7.05 Å². The van der Waals surface area contributed by atoms with Crippen molar-refractivity contribution >= 4 is 5.91 Å². The highest BCUT2D eigenvalue weighted by Crippen LogP contribution is 2.58. The molecule has 13 heavy (non-hydrogen) atoms. The number of rotatable bonds is 0. The Kier molecular flexibility index (Phi) is 1.71. The van der Waals surface area contributed by atoms with Crippen LogP contribution >= 0.6 is 0 Å². The van der Waals surface area contributed by atoms with Crippen LogP contribution in [0.25, 0.3) is 0 Å². The van der Waals surface area contributed by atoms with E-state index in [9.17, 15) is 4.79 Å². The lowest BCUT2D eigenvalue weighted by molar-refractivity contribution is -0.132.